The van der Waals surface area contributed by atoms with Crippen LogP contribution < -0.4 is 10.1 Å². The Bertz CT molecular complexity index is 988. The zero-order valence-corrected chi connectivity index (χ0v) is 15.9. The van der Waals surface area contributed by atoms with Crippen LogP contribution in [-0.4, -0.2) is 29.5 Å². The Balaban J connectivity index is 1.80. The standard InChI is InChI=1S/C21H18F4N2O3/c1-13(28)27-9-8-14-4-2-3-5-16(14)18(27)11-20(29)26-17-10-15(22)6-7-19(17)30-12-21(23,24)25/h2-10,18H,11-12H2,1H3,(H,26,29)/t18-/m1/s1. The van der Waals surface area contributed by atoms with E-state index in [9.17, 15) is 27.2 Å². The lowest BCUT2D eigenvalue weighted by Crippen LogP contribution is -2.33. The fourth-order valence-electron chi connectivity index (χ4n) is 3.18. The van der Waals surface area contributed by atoms with Gasteiger partial charge in [0.1, 0.15) is 11.6 Å². The Labute approximate surface area is 169 Å². The molecule has 9 heteroatoms. The second-order valence-electron chi connectivity index (χ2n) is 6.68. The monoisotopic (exact) mass is 422 g/mol. The van der Waals surface area contributed by atoms with Crippen molar-refractivity contribution in [1.29, 1.82) is 0 Å². The summed E-state index contributed by atoms with van der Waals surface area (Å²) in [5, 5.41) is 2.39. The van der Waals surface area contributed by atoms with Crippen LogP contribution in [-0.2, 0) is 9.59 Å². The molecule has 1 heterocycles. The van der Waals surface area contributed by atoms with Gasteiger partial charge in [-0.1, -0.05) is 24.3 Å². The quantitative estimate of drug-likeness (QED) is 0.713. The van der Waals surface area contributed by atoms with E-state index in [0.29, 0.717) is 0 Å². The Kier molecular flexibility index (Phi) is 6.09. The molecule has 1 N–H and O–H groups in total. The summed E-state index contributed by atoms with van der Waals surface area (Å²) in [6.07, 6.45) is -1.45. The van der Waals surface area contributed by atoms with Crippen LogP contribution in [0.25, 0.3) is 6.08 Å². The lowest BCUT2D eigenvalue weighted by Gasteiger charge is -2.32. The summed E-state index contributed by atoms with van der Waals surface area (Å²) < 4.78 is 55.6. The lowest BCUT2D eigenvalue weighted by atomic mass is 9.93. The topological polar surface area (TPSA) is 58.6 Å². The summed E-state index contributed by atoms with van der Waals surface area (Å²) in [5.41, 5.74) is 1.36. The van der Waals surface area contributed by atoms with Gasteiger partial charge in [0.25, 0.3) is 0 Å². The van der Waals surface area contributed by atoms with E-state index < -0.39 is 30.5 Å². The molecule has 0 saturated carbocycles. The molecule has 0 aliphatic carbocycles. The van der Waals surface area contributed by atoms with Crippen molar-refractivity contribution in [3.8, 4) is 5.75 Å². The third-order valence-electron chi connectivity index (χ3n) is 4.45. The van der Waals surface area contributed by atoms with Crippen LogP contribution in [0, 0.1) is 5.82 Å². The number of carbonyl (C=O) groups excluding carboxylic acids is 2. The van der Waals surface area contributed by atoms with E-state index in [0.717, 1.165) is 29.3 Å². The molecule has 30 heavy (non-hydrogen) atoms. The molecule has 158 valence electrons. The first-order valence-corrected chi connectivity index (χ1v) is 8.99. The van der Waals surface area contributed by atoms with Crippen LogP contribution in [0.4, 0.5) is 23.2 Å². The summed E-state index contributed by atoms with van der Waals surface area (Å²) in [4.78, 5) is 26.1. The molecule has 0 radical (unpaired) electrons. The van der Waals surface area contributed by atoms with Gasteiger partial charge in [-0.2, -0.15) is 13.2 Å². The first-order chi connectivity index (χ1) is 14.1. The maximum Gasteiger partial charge on any atom is 0.422 e. The van der Waals surface area contributed by atoms with Crippen molar-refractivity contribution in [3.05, 3.63) is 65.6 Å². The minimum atomic E-state index is -4.59. The molecule has 0 fully saturated rings. The van der Waals surface area contributed by atoms with Crippen LogP contribution in [0.15, 0.2) is 48.7 Å². The summed E-state index contributed by atoms with van der Waals surface area (Å²) in [7, 11) is 0. The van der Waals surface area contributed by atoms with Crippen molar-refractivity contribution >= 4 is 23.6 Å². The SMILES string of the molecule is CC(=O)N1C=Cc2ccccc2[C@H]1CC(=O)Nc1cc(F)ccc1OCC(F)(F)F. The molecule has 2 amide bonds. The zero-order valence-electron chi connectivity index (χ0n) is 15.9. The molecule has 5 nitrogen and oxygen atoms in total. The predicted molar refractivity (Wildman–Crippen MR) is 102 cm³/mol. The number of amides is 2. The molecule has 3 rings (SSSR count). The smallest absolute Gasteiger partial charge is 0.422 e. The highest BCUT2D eigenvalue weighted by molar-refractivity contribution is 5.93. The van der Waals surface area contributed by atoms with Crippen molar-refractivity contribution < 1.29 is 31.9 Å². The average Bonchev–Trinajstić information content (AvgIpc) is 2.66. The predicted octanol–water partition coefficient (Wildman–Crippen LogP) is 4.67. The number of anilines is 1. The molecule has 0 unspecified atom stereocenters. The molecule has 0 aromatic heterocycles. The highest BCUT2D eigenvalue weighted by Gasteiger charge is 2.30. The number of benzene rings is 2. The Morgan fingerprint density at radius 2 is 1.90 bits per heavy atom. The number of rotatable bonds is 5. The second-order valence-corrected chi connectivity index (χ2v) is 6.68. The number of nitrogens with one attached hydrogen (secondary N) is 1. The van der Waals surface area contributed by atoms with E-state index in [1.54, 1.807) is 24.4 Å². The van der Waals surface area contributed by atoms with Crippen molar-refractivity contribution in [2.45, 2.75) is 25.6 Å². The van der Waals surface area contributed by atoms with Gasteiger partial charge >= 0.3 is 6.18 Å². The van der Waals surface area contributed by atoms with Gasteiger partial charge in [-0.3, -0.25) is 9.59 Å². The van der Waals surface area contributed by atoms with Crippen molar-refractivity contribution in [3.63, 3.8) is 0 Å². The van der Waals surface area contributed by atoms with Gasteiger partial charge in [0.2, 0.25) is 11.8 Å². The number of fused-ring (bicyclic) bond motifs is 1. The van der Waals surface area contributed by atoms with E-state index in [1.165, 1.54) is 11.8 Å². The molecule has 0 spiro atoms. The van der Waals surface area contributed by atoms with Crippen LogP contribution in [0.1, 0.15) is 30.5 Å². The minimum absolute atomic E-state index is 0.184. The second kappa shape index (κ2) is 8.56. The van der Waals surface area contributed by atoms with E-state index in [1.807, 2.05) is 12.1 Å². The van der Waals surface area contributed by atoms with Crippen molar-refractivity contribution in [2.75, 3.05) is 11.9 Å². The fraction of sp³-hybridized carbons (Fsp3) is 0.238. The summed E-state index contributed by atoms with van der Waals surface area (Å²) >= 11 is 0. The first kappa shape index (κ1) is 21.4. The Morgan fingerprint density at radius 1 is 1.17 bits per heavy atom. The number of halogens is 4. The summed E-state index contributed by atoms with van der Waals surface area (Å²) in [6, 6.07) is 9.42. The summed E-state index contributed by atoms with van der Waals surface area (Å²) in [5.74, 6) is -1.95. The molecular weight excluding hydrogens is 404 g/mol. The maximum absolute atomic E-state index is 13.6. The van der Waals surface area contributed by atoms with Gasteiger partial charge in [-0.05, 0) is 29.3 Å². The zero-order chi connectivity index (χ0) is 21.9. The van der Waals surface area contributed by atoms with Crippen LogP contribution in [0.2, 0.25) is 0 Å². The number of alkyl halides is 3. The van der Waals surface area contributed by atoms with Gasteiger partial charge in [-0.15, -0.1) is 0 Å². The molecule has 0 bridgehead atoms. The summed E-state index contributed by atoms with van der Waals surface area (Å²) in [6.45, 7) is -0.223. The third kappa shape index (κ3) is 5.16. The first-order valence-electron chi connectivity index (χ1n) is 8.99. The molecule has 1 aliphatic rings. The number of hydrogen-bond acceptors (Lipinski definition) is 3. The highest BCUT2D eigenvalue weighted by Crippen LogP contribution is 2.34. The molecule has 1 aliphatic heterocycles. The number of nitrogens with zero attached hydrogens (tertiary/aromatic N) is 1. The highest BCUT2D eigenvalue weighted by atomic mass is 19.4. The number of ether oxygens (including phenoxy) is 1. The number of hydrogen-bond donors (Lipinski definition) is 1. The molecule has 2 aromatic rings. The Hall–Kier alpha value is -3.36. The van der Waals surface area contributed by atoms with Crippen LogP contribution >= 0.6 is 0 Å². The average molecular weight is 422 g/mol. The van der Waals surface area contributed by atoms with Gasteiger partial charge in [0.15, 0.2) is 6.61 Å². The van der Waals surface area contributed by atoms with Gasteiger partial charge in [0, 0.05) is 19.2 Å². The van der Waals surface area contributed by atoms with E-state index in [2.05, 4.69) is 10.1 Å². The van der Waals surface area contributed by atoms with E-state index in [4.69, 9.17) is 0 Å². The number of carbonyl (C=O) groups is 2. The molecule has 2 aromatic carbocycles. The van der Waals surface area contributed by atoms with Crippen LogP contribution in [0.3, 0.4) is 0 Å². The van der Waals surface area contributed by atoms with Crippen molar-refractivity contribution in [2.24, 2.45) is 0 Å². The normalized spacial score (nSPS) is 15.5. The van der Waals surface area contributed by atoms with Crippen molar-refractivity contribution in [1.82, 2.24) is 4.90 Å². The largest absolute Gasteiger partial charge is 0.482 e. The molecule has 1 atom stereocenters. The fourth-order valence-corrected chi connectivity index (χ4v) is 3.18. The van der Waals surface area contributed by atoms with E-state index in [-0.39, 0.29) is 23.8 Å². The third-order valence-corrected chi connectivity index (χ3v) is 4.45. The van der Waals surface area contributed by atoms with Gasteiger partial charge < -0.3 is 15.0 Å². The Morgan fingerprint density at radius 3 is 2.60 bits per heavy atom. The molecule has 0 saturated heterocycles. The lowest BCUT2D eigenvalue weighted by molar-refractivity contribution is -0.153. The van der Waals surface area contributed by atoms with Crippen LogP contribution in [0.5, 0.6) is 5.75 Å². The van der Waals surface area contributed by atoms with Gasteiger partial charge in [-0.25, -0.2) is 4.39 Å². The van der Waals surface area contributed by atoms with E-state index >= 15 is 0 Å². The molecular formula is C21H18F4N2O3. The minimum Gasteiger partial charge on any atom is -0.482 e. The maximum atomic E-state index is 13.6. The van der Waals surface area contributed by atoms with Gasteiger partial charge in [0.05, 0.1) is 18.2 Å².